The van der Waals surface area contributed by atoms with Gasteiger partial charge in [-0.2, -0.15) is 5.26 Å². The van der Waals surface area contributed by atoms with Crippen LogP contribution in [-0.4, -0.2) is 85.4 Å². The van der Waals surface area contributed by atoms with Crippen LogP contribution in [0.25, 0.3) is 0 Å². The zero-order valence-electron chi connectivity index (χ0n) is 23.5. The Morgan fingerprint density at radius 1 is 1.19 bits per heavy atom. The van der Waals surface area contributed by atoms with Crippen molar-refractivity contribution < 1.29 is 38.5 Å². The van der Waals surface area contributed by atoms with E-state index in [0.717, 1.165) is 31.3 Å². The summed E-state index contributed by atoms with van der Waals surface area (Å²) in [6.07, 6.45) is 8.10. The molecule has 2 aliphatic heterocycles. The van der Waals surface area contributed by atoms with Crippen molar-refractivity contribution in [1.29, 1.82) is 5.26 Å². The van der Waals surface area contributed by atoms with Gasteiger partial charge in [0.25, 0.3) is 0 Å². The van der Waals surface area contributed by atoms with Gasteiger partial charge < -0.3 is 24.6 Å². The fourth-order valence-corrected chi connectivity index (χ4v) is 5.40. The maximum absolute atomic E-state index is 13.0. The molecule has 3 unspecified atom stereocenters. The molecule has 1 aromatic carbocycles. The van der Waals surface area contributed by atoms with E-state index in [4.69, 9.17) is 10.00 Å². The third kappa shape index (κ3) is 9.01. The molecular formula is C27H33F5N6O4S. The number of pyridine rings is 1. The normalized spacial score (nSPS) is 20.5. The fraction of sp³-hybridized carbons (Fsp3) is 0.444. The Hall–Kier alpha value is -3.97. The van der Waals surface area contributed by atoms with E-state index < -0.39 is 27.1 Å². The van der Waals surface area contributed by atoms with Gasteiger partial charge in [-0.1, -0.05) is 25.5 Å². The average molecular weight is 633 g/mol. The number of aromatic nitrogens is 1. The molecule has 3 heterocycles. The molecular weight excluding hydrogens is 599 g/mol. The predicted molar refractivity (Wildman–Crippen MR) is 150 cm³/mol. The quantitative estimate of drug-likeness (QED) is 0.246. The highest BCUT2D eigenvalue weighted by Crippen LogP contribution is 3.02. The van der Waals surface area contributed by atoms with E-state index in [1.807, 2.05) is 6.19 Å². The van der Waals surface area contributed by atoms with Crippen LogP contribution in [0.15, 0.2) is 53.7 Å². The second-order valence-corrected chi connectivity index (χ2v) is 12.5. The zero-order valence-corrected chi connectivity index (χ0v) is 24.4. The van der Waals surface area contributed by atoms with Crippen molar-refractivity contribution >= 4 is 34.0 Å². The van der Waals surface area contributed by atoms with Crippen LogP contribution in [0, 0.1) is 11.5 Å². The number of ether oxygens (including phenoxy) is 1. The van der Waals surface area contributed by atoms with Gasteiger partial charge in [0.2, 0.25) is 11.8 Å². The minimum absolute atomic E-state index is 0.0323. The number of amides is 2. The molecule has 2 amide bonds. The molecule has 2 saturated heterocycles. The number of anilines is 1. The Morgan fingerprint density at radius 2 is 1.84 bits per heavy atom. The van der Waals surface area contributed by atoms with Crippen molar-refractivity contribution in [1.82, 2.24) is 20.1 Å². The summed E-state index contributed by atoms with van der Waals surface area (Å²) < 4.78 is 70.1. The Kier molecular flexibility index (Phi) is 9.92. The number of likely N-dealkylation sites (tertiary alicyclic amines) is 2. The summed E-state index contributed by atoms with van der Waals surface area (Å²) in [6.45, 7) is 1.56. The lowest BCUT2D eigenvalue weighted by molar-refractivity contribution is -0.132. The highest BCUT2D eigenvalue weighted by atomic mass is 32.5. The average Bonchev–Trinajstić information content (AvgIpc) is 3.66. The largest absolute Gasteiger partial charge is 0.379 e. The number of likely N-dealkylation sites (N-methyl/N-ethyl adjacent to an activating group) is 1. The molecule has 2 fully saturated rings. The molecule has 2 aromatic rings. The van der Waals surface area contributed by atoms with Crippen LogP contribution in [0.3, 0.4) is 0 Å². The van der Waals surface area contributed by atoms with Crippen molar-refractivity contribution in [2.24, 2.45) is 0 Å². The molecule has 1 N–H and O–H groups in total. The number of halogens is 5. The number of nitrogens with one attached hydrogen (secondary N) is 1. The van der Waals surface area contributed by atoms with Crippen LogP contribution < -0.4 is 10.2 Å². The second kappa shape index (κ2) is 12.7. The van der Waals surface area contributed by atoms with E-state index in [9.17, 15) is 33.8 Å². The first-order valence-corrected chi connectivity index (χ1v) is 15.2. The van der Waals surface area contributed by atoms with Gasteiger partial charge in [-0.25, -0.2) is 0 Å². The molecule has 1 aromatic heterocycles. The number of hydrogen-bond donors (Lipinski definition) is 1. The lowest BCUT2D eigenvalue weighted by Crippen LogP contribution is -2.44. The molecule has 236 valence electrons. The first kappa shape index (κ1) is 33.5. The van der Waals surface area contributed by atoms with Crippen molar-refractivity contribution in [2.75, 3.05) is 45.2 Å². The van der Waals surface area contributed by atoms with E-state index in [0.29, 0.717) is 43.8 Å². The third-order valence-corrected chi connectivity index (χ3v) is 8.28. The second-order valence-electron chi connectivity index (χ2n) is 10.1. The summed E-state index contributed by atoms with van der Waals surface area (Å²) in [6, 6.07) is 4.18. The van der Waals surface area contributed by atoms with Crippen LogP contribution in [0.5, 0.6) is 0 Å². The SMILES string of the molecule is CN(c1ccc(S(F)(F)(F)(F)F)cc1)C(C(=O)NCC(=O)N1CCCC1)c1cccnc1.COC1CC(C=O)N(C#N)C1. The lowest BCUT2D eigenvalue weighted by atomic mass is 10.1. The number of rotatable bonds is 9. The van der Waals surface area contributed by atoms with Crippen molar-refractivity contribution in [2.45, 2.75) is 42.3 Å². The van der Waals surface area contributed by atoms with Gasteiger partial charge in [-0.15, -0.1) is 0 Å². The maximum Gasteiger partial charge on any atom is 0.310 e. The Bertz CT molecular complexity index is 1320. The number of benzene rings is 1. The third-order valence-electron chi connectivity index (χ3n) is 7.12. The van der Waals surface area contributed by atoms with Crippen LogP contribution >= 0.6 is 10.2 Å². The van der Waals surface area contributed by atoms with E-state index >= 15 is 0 Å². The predicted octanol–water partition coefficient (Wildman–Crippen LogP) is 4.41. The molecule has 0 saturated carbocycles. The highest BCUT2D eigenvalue weighted by molar-refractivity contribution is 8.45. The number of aldehydes is 1. The Morgan fingerprint density at radius 3 is 2.33 bits per heavy atom. The number of hydrogen-bond acceptors (Lipinski definition) is 8. The van der Waals surface area contributed by atoms with Crippen molar-refractivity contribution in [3.05, 3.63) is 54.4 Å². The first-order chi connectivity index (χ1) is 20.1. The van der Waals surface area contributed by atoms with Gasteiger partial charge in [0.1, 0.15) is 17.2 Å². The van der Waals surface area contributed by atoms with E-state index in [1.54, 1.807) is 24.1 Å². The molecule has 2 aliphatic rings. The van der Waals surface area contributed by atoms with Crippen LogP contribution in [-0.2, 0) is 19.1 Å². The topological polar surface area (TPSA) is 119 Å². The highest BCUT2D eigenvalue weighted by Gasteiger charge is 2.65. The van der Waals surface area contributed by atoms with E-state index in [1.165, 1.54) is 29.2 Å². The molecule has 3 atom stereocenters. The number of carbonyl (C=O) groups is 3. The summed E-state index contributed by atoms with van der Waals surface area (Å²) in [7, 11) is -6.78. The van der Waals surface area contributed by atoms with Crippen LogP contribution in [0.4, 0.5) is 25.1 Å². The molecule has 0 aliphatic carbocycles. The summed E-state index contributed by atoms with van der Waals surface area (Å²) in [5.41, 5.74) is 0.517. The maximum atomic E-state index is 13.0. The summed E-state index contributed by atoms with van der Waals surface area (Å²) >= 11 is 0. The minimum atomic E-state index is -9.80. The first-order valence-electron chi connectivity index (χ1n) is 13.2. The molecule has 0 radical (unpaired) electrons. The molecule has 43 heavy (non-hydrogen) atoms. The summed E-state index contributed by atoms with van der Waals surface area (Å²) in [4.78, 5) is 42.0. The van der Waals surface area contributed by atoms with Crippen LogP contribution in [0.2, 0.25) is 0 Å². The van der Waals surface area contributed by atoms with Crippen molar-refractivity contribution in [3.8, 4) is 6.19 Å². The van der Waals surface area contributed by atoms with Gasteiger partial charge in [0, 0.05) is 57.3 Å². The smallest absolute Gasteiger partial charge is 0.310 e. The van der Waals surface area contributed by atoms with Crippen LogP contribution in [0.1, 0.15) is 30.9 Å². The fourth-order valence-electron chi connectivity index (χ4n) is 4.75. The minimum Gasteiger partial charge on any atom is -0.379 e. The molecule has 4 rings (SSSR count). The molecule has 0 bridgehead atoms. The van der Waals surface area contributed by atoms with E-state index in [-0.39, 0.29) is 30.3 Å². The van der Waals surface area contributed by atoms with Crippen molar-refractivity contribution in [3.63, 3.8) is 0 Å². The Balaban J connectivity index is 0.000000386. The number of nitrogens with zero attached hydrogens (tertiary/aromatic N) is 5. The Labute approximate surface area is 246 Å². The lowest BCUT2D eigenvalue weighted by Gasteiger charge is -2.40. The van der Waals surface area contributed by atoms with Gasteiger partial charge in [-0.3, -0.25) is 19.5 Å². The van der Waals surface area contributed by atoms with Gasteiger partial charge in [0.05, 0.1) is 25.2 Å². The summed E-state index contributed by atoms with van der Waals surface area (Å²) in [5.74, 6) is -0.812. The van der Waals surface area contributed by atoms with Gasteiger partial charge >= 0.3 is 10.2 Å². The number of nitriles is 1. The molecule has 16 heteroatoms. The van der Waals surface area contributed by atoms with E-state index in [2.05, 4.69) is 10.3 Å². The zero-order chi connectivity index (χ0) is 31.9. The van der Waals surface area contributed by atoms with Gasteiger partial charge in [0.15, 0.2) is 6.19 Å². The standard InChI is InChI=1S/C20H23F5N4O2S.C7H10N2O2/c1-28(16-6-8-17(9-7-16)32(21,22,23,24)25)19(15-5-4-10-26-13-15)20(31)27-14-18(30)29-11-2-3-12-29;1-11-7-2-6(4-10)9(3-7)5-8/h4-10,13,19H,2-3,11-12,14H2,1H3,(H,27,31);4,6-7H,2-3H2,1H3. The molecule has 10 nitrogen and oxygen atoms in total. The summed E-state index contributed by atoms with van der Waals surface area (Å²) in [5, 5.41) is 11.1. The number of methoxy groups -OCH3 is 1. The number of carbonyl (C=O) groups excluding carboxylic acids is 3. The monoisotopic (exact) mass is 632 g/mol. The van der Waals surface area contributed by atoms with Gasteiger partial charge in [-0.05, 0) is 43.2 Å². The molecule has 0 spiro atoms.